The third-order valence-corrected chi connectivity index (χ3v) is 5.40. The van der Waals surface area contributed by atoms with Crippen LogP contribution in [0.2, 0.25) is 5.02 Å². The second-order valence-electron chi connectivity index (χ2n) is 8.35. The molecule has 0 heterocycles. The van der Waals surface area contributed by atoms with Gasteiger partial charge in [0, 0.05) is 16.6 Å². The van der Waals surface area contributed by atoms with Crippen LogP contribution in [0.25, 0.3) is 0 Å². The maximum Gasteiger partial charge on any atom is 0.261 e. The summed E-state index contributed by atoms with van der Waals surface area (Å²) in [6.45, 7) is 7.89. The maximum atomic E-state index is 13.2. The van der Waals surface area contributed by atoms with E-state index in [-0.39, 0.29) is 24.0 Å². The molecule has 0 bridgehead atoms. The zero-order valence-electron chi connectivity index (χ0n) is 18.5. The predicted molar refractivity (Wildman–Crippen MR) is 128 cm³/mol. The van der Waals surface area contributed by atoms with Crippen LogP contribution in [-0.4, -0.2) is 41.4 Å². The second kappa shape index (κ2) is 11.5. The summed E-state index contributed by atoms with van der Waals surface area (Å²) < 4.78 is 6.51. The first kappa shape index (κ1) is 25.2. The molecule has 0 radical (unpaired) electrons. The Morgan fingerprint density at radius 2 is 1.84 bits per heavy atom. The van der Waals surface area contributed by atoms with E-state index in [1.165, 1.54) is 0 Å². The molecule has 7 heteroatoms. The van der Waals surface area contributed by atoms with Gasteiger partial charge < -0.3 is 15.0 Å². The number of benzene rings is 2. The van der Waals surface area contributed by atoms with E-state index >= 15 is 0 Å². The molecule has 2 aromatic carbocycles. The molecule has 0 aliphatic carbocycles. The molecular weight excluding hydrogens is 480 g/mol. The molecule has 0 aromatic heterocycles. The van der Waals surface area contributed by atoms with Gasteiger partial charge in [-0.05, 0) is 57.4 Å². The van der Waals surface area contributed by atoms with Gasteiger partial charge in [0.2, 0.25) is 5.91 Å². The summed E-state index contributed by atoms with van der Waals surface area (Å²) in [5.41, 5.74) is 0.711. The van der Waals surface area contributed by atoms with Crippen LogP contribution in [0, 0.1) is 0 Å². The smallest absolute Gasteiger partial charge is 0.261 e. The third-order valence-electron chi connectivity index (χ3n) is 4.61. The number of nitrogens with zero attached hydrogens (tertiary/aromatic N) is 1. The van der Waals surface area contributed by atoms with E-state index in [2.05, 4.69) is 21.2 Å². The van der Waals surface area contributed by atoms with E-state index in [1.807, 2.05) is 58.0 Å². The highest BCUT2D eigenvalue weighted by molar-refractivity contribution is 9.10. The van der Waals surface area contributed by atoms with E-state index in [0.717, 1.165) is 10.0 Å². The van der Waals surface area contributed by atoms with E-state index in [9.17, 15) is 9.59 Å². The van der Waals surface area contributed by atoms with Crippen molar-refractivity contribution < 1.29 is 14.3 Å². The minimum atomic E-state index is -0.584. The van der Waals surface area contributed by atoms with Crippen molar-refractivity contribution in [1.82, 2.24) is 10.2 Å². The van der Waals surface area contributed by atoms with E-state index in [4.69, 9.17) is 16.3 Å². The van der Waals surface area contributed by atoms with Crippen LogP contribution >= 0.6 is 27.5 Å². The number of hydrogen-bond donors (Lipinski definition) is 1. The van der Waals surface area contributed by atoms with Crippen molar-refractivity contribution >= 4 is 39.3 Å². The summed E-state index contributed by atoms with van der Waals surface area (Å²) in [5.74, 6) is -0.00247. The molecule has 0 saturated heterocycles. The zero-order chi connectivity index (χ0) is 23.0. The molecule has 0 spiro atoms. The first-order valence-electron chi connectivity index (χ1n) is 10.3. The highest BCUT2D eigenvalue weighted by Crippen LogP contribution is 2.27. The molecule has 0 aliphatic rings. The minimum absolute atomic E-state index is 0.168. The van der Waals surface area contributed by atoms with Gasteiger partial charge in [-0.3, -0.25) is 9.59 Å². The van der Waals surface area contributed by atoms with Crippen LogP contribution in [0.1, 0.15) is 39.7 Å². The molecular formula is C24H30BrClN2O3. The highest BCUT2D eigenvalue weighted by Gasteiger charge is 2.30. The lowest BCUT2D eigenvalue weighted by Crippen LogP contribution is -2.54. The number of halogens is 2. The van der Waals surface area contributed by atoms with E-state index < -0.39 is 6.04 Å². The van der Waals surface area contributed by atoms with Crippen LogP contribution in [-0.2, 0) is 16.0 Å². The van der Waals surface area contributed by atoms with Crippen molar-refractivity contribution in [1.29, 1.82) is 0 Å². The quantitative estimate of drug-likeness (QED) is 0.502. The maximum absolute atomic E-state index is 13.2. The standard InChI is InChI=1S/C24H30BrClN2O3/c1-5-20(23(30)27-24(2,3)4)28(14-13-17-9-7-6-8-10-17)22(29)16-31-21-12-11-18(25)15-19(21)26/h6-12,15,20H,5,13-14,16H2,1-4H3,(H,27,30)/t20-/m0/s1. The van der Waals surface area contributed by atoms with E-state index in [0.29, 0.717) is 30.2 Å². The van der Waals surface area contributed by atoms with Crippen LogP contribution in [0.3, 0.4) is 0 Å². The molecule has 5 nitrogen and oxygen atoms in total. The summed E-state index contributed by atoms with van der Waals surface area (Å²) in [4.78, 5) is 27.7. The number of amides is 2. The number of ether oxygens (including phenoxy) is 1. The molecule has 1 N–H and O–H groups in total. The van der Waals surface area contributed by atoms with Crippen molar-refractivity contribution in [3.8, 4) is 5.75 Å². The summed E-state index contributed by atoms with van der Waals surface area (Å²) in [6.07, 6.45) is 1.15. The van der Waals surface area contributed by atoms with Gasteiger partial charge in [-0.15, -0.1) is 0 Å². The summed E-state index contributed by atoms with van der Waals surface area (Å²) in [5, 5.41) is 3.41. The van der Waals surface area contributed by atoms with Crippen LogP contribution in [0.4, 0.5) is 0 Å². The van der Waals surface area contributed by atoms with Gasteiger partial charge in [-0.2, -0.15) is 0 Å². The topological polar surface area (TPSA) is 58.6 Å². The fraction of sp³-hybridized carbons (Fsp3) is 0.417. The average molecular weight is 510 g/mol. The molecule has 0 saturated carbocycles. The molecule has 2 amide bonds. The third kappa shape index (κ3) is 8.19. The molecule has 0 aliphatic heterocycles. The fourth-order valence-electron chi connectivity index (χ4n) is 3.16. The van der Waals surface area contributed by atoms with Gasteiger partial charge in [0.25, 0.3) is 5.91 Å². The van der Waals surface area contributed by atoms with Gasteiger partial charge >= 0.3 is 0 Å². The SMILES string of the molecule is CC[C@@H](C(=O)NC(C)(C)C)N(CCc1ccccc1)C(=O)COc1ccc(Br)cc1Cl. The van der Waals surface area contributed by atoms with Gasteiger partial charge in [-0.1, -0.05) is 64.8 Å². The Labute approximate surface area is 198 Å². The van der Waals surface area contributed by atoms with Crippen molar-refractivity contribution in [3.63, 3.8) is 0 Å². The largest absolute Gasteiger partial charge is 0.482 e. The fourth-order valence-corrected chi connectivity index (χ4v) is 3.89. The summed E-state index contributed by atoms with van der Waals surface area (Å²) in [6, 6.07) is 14.5. The van der Waals surface area contributed by atoms with Crippen molar-refractivity contribution in [3.05, 3.63) is 63.6 Å². The summed E-state index contributed by atoms with van der Waals surface area (Å²) in [7, 11) is 0. The molecule has 2 aromatic rings. The Balaban J connectivity index is 2.17. The van der Waals surface area contributed by atoms with Crippen LogP contribution in [0.15, 0.2) is 53.0 Å². The van der Waals surface area contributed by atoms with Crippen LogP contribution < -0.4 is 10.1 Å². The highest BCUT2D eigenvalue weighted by atomic mass is 79.9. The zero-order valence-corrected chi connectivity index (χ0v) is 20.8. The Morgan fingerprint density at radius 3 is 2.42 bits per heavy atom. The lowest BCUT2D eigenvalue weighted by Gasteiger charge is -2.33. The van der Waals surface area contributed by atoms with E-state index in [1.54, 1.807) is 23.1 Å². The van der Waals surface area contributed by atoms with Gasteiger partial charge in [0.1, 0.15) is 11.8 Å². The minimum Gasteiger partial charge on any atom is -0.482 e. The summed E-state index contributed by atoms with van der Waals surface area (Å²) >= 11 is 9.55. The molecule has 168 valence electrons. The number of hydrogen-bond acceptors (Lipinski definition) is 3. The number of carbonyl (C=O) groups is 2. The molecule has 0 unspecified atom stereocenters. The van der Waals surface area contributed by atoms with Gasteiger partial charge in [0.15, 0.2) is 6.61 Å². The lowest BCUT2D eigenvalue weighted by atomic mass is 10.1. The average Bonchev–Trinajstić information content (AvgIpc) is 2.69. The van der Waals surface area contributed by atoms with Gasteiger partial charge in [-0.25, -0.2) is 0 Å². The van der Waals surface area contributed by atoms with Crippen molar-refractivity contribution in [2.75, 3.05) is 13.2 Å². The Bertz CT molecular complexity index is 884. The first-order chi connectivity index (χ1) is 14.6. The number of nitrogens with one attached hydrogen (secondary N) is 1. The normalized spacial score (nSPS) is 12.2. The number of carbonyl (C=O) groups excluding carboxylic acids is 2. The monoisotopic (exact) mass is 508 g/mol. The molecule has 2 rings (SSSR count). The molecule has 1 atom stereocenters. The van der Waals surface area contributed by atoms with Crippen molar-refractivity contribution in [2.45, 2.75) is 52.1 Å². The first-order valence-corrected chi connectivity index (χ1v) is 11.5. The molecule has 0 fully saturated rings. The Kier molecular flexibility index (Phi) is 9.38. The second-order valence-corrected chi connectivity index (χ2v) is 9.67. The predicted octanol–water partition coefficient (Wildman–Crippen LogP) is 5.25. The Morgan fingerprint density at radius 1 is 1.16 bits per heavy atom. The van der Waals surface area contributed by atoms with Crippen molar-refractivity contribution in [2.24, 2.45) is 0 Å². The lowest BCUT2D eigenvalue weighted by molar-refractivity contribution is -0.142. The number of rotatable bonds is 9. The molecule has 31 heavy (non-hydrogen) atoms. The van der Waals surface area contributed by atoms with Gasteiger partial charge in [0.05, 0.1) is 5.02 Å². The van der Waals surface area contributed by atoms with Crippen LogP contribution in [0.5, 0.6) is 5.75 Å². The Hall–Kier alpha value is -2.05.